The molecule has 0 spiro atoms. The molecule has 216 valence electrons. The number of nitrogens with zero attached hydrogens (tertiary/aromatic N) is 1. The minimum absolute atomic E-state index is 0.146. The Kier molecular flexibility index (Phi) is 7.95. The van der Waals surface area contributed by atoms with Crippen molar-refractivity contribution in [3.05, 3.63) is 88.5 Å². The van der Waals surface area contributed by atoms with Crippen LogP contribution in [0.2, 0.25) is 0 Å². The average Bonchev–Trinajstić information content (AvgIpc) is 2.94. The molecule has 0 saturated carbocycles. The van der Waals surface area contributed by atoms with E-state index in [9.17, 15) is 4.79 Å². The lowest BCUT2D eigenvalue weighted by Gasteiger charge is -2.38. The highest BCUT2D eigenvalue weighted by atomic mass is 19.1. The highest BCUT2D eigenvalue weighted by molar-refractivity contribution is 6.04. The third-order valence-corrected chi connectivity index (χ3v) is 7.98. The molecule has 2 fully saturated rings. The molecule has 3 aliphatic heterocycles. The quantitative estimate of drug-likeness (QED) is 0.302. The molecule has 6 nitrogen and oxygen atoms in total. The van der Waals surface area contributed by atoms with E-state index in [-0.39, 0.29) is 17.5 Å². The van der Waals surface area contributed by atoms with Gasteiger partial charge in [-0.2, -0.15) is 0 Å². The Bertz CT molecular complexity index is 1380. The summed E-state index contributed by atoms with van der Waals surface area (Å²) >= 11 is 0. The maximum Gasteiger partial charge on any atom is 0.200 e. The van der Waals surface area contributed by atoms with Crippen molar-refractivity contribution in [1.29, 1.82) is 0 Å². The smallest absolute Gasteiger partial charge is 0.200 e. The zero-order chi connectivity index (χ0) is 28.5. The summed E-state index contributed by atoms with van der Waals surface area (Å²) < 4.78 is 54.2. The molecule has 3 atom stereocenters. The fourth-order valence-electron chi connectivity index (χ4n) is 5.86. The lowest BCUT2D eigenvalue weighted by atomic mass is 9.80. The number of carbonyl (C=O) groups is 1. The average molecular weight is 564 g/mol. The summed E-state index contributed by atoms with van der Waals surface area (Å²) in [5.74, 6) is -2.29. The standard InChI is InChI=1S/C33H35F2NO5/c1-3-13-36-18-24(19-36)39-23-10-8-21(9-11-23)32-30(31(37)25-12-7-20(2)15-28(25)40-32)22-16-26(34)33(27(35)17-22)41-29-6-4-5-14-38-29/h7-12,15-17,24,29-30,32H,3-6,13-14,18-19H2,1-2H3. The zero-order valence-corrected chi connectivity index (χ0v) is 23.4. The van der Waals surface area contributed by atoms with Crippen molar-refractivity contribution in [2.45, 2.75) is 63.9 Å². The minimum atomic E-state index is -0.963. The molecule has 2 saturated heterocycles. The van der Waals surface area contributed by atoms with Gasteiger partial charge in [-0.15, -0.1) is 0 Å². The number of fused-ring (bicyclic) bond motifs is 1. The van der Waals surface area contributed by atoms with Gasteiger partial charge in [-0.3, -0.25) is 9.69 Å². The van der Waals surface area contributed by atoms with Crippen molar-refractivity contribution in [3.8, 4) is 17.2 Å². The first-order valence-electron chi connectivity index (χ1n) is 14.5. The Hall–Kier alpha value is -3.49. The fraction of sp³-hybridized carbons (Fsp3) is 0.424. The number of aryl methyl sites for hydroxylation is 1. The van der Waals surface area contributed by atoms with Crippen LogP contribution in [-0.4, -0.2) is 49.3 Å². The van der Waals surface area contributed by atoms with Crippen LogP contribution in [0.15, 0.2) is 54.6 Å². The lowest BCUT2D eigenvalue weighted by Crippen LogP contribution is -2.53. The number of ketones is 1. The highest BCUT2D eigenvalue weighted by Crippen LogP contribution is 2.45. The predicted molar refractivity (Wildman–Crippen MR) is 150 cm³/mol. The molecule has 3 heterocycles. The molecule has 3 unspecified atom stereocenters. The zero-order valence-electron chi connectivity index (χ0n) is 23.4. The van der Waals surface area contributed by atoms with Crippen LogP contribution in [-0.2, 0) is 4.74 Å². The number of Topliss-reactive ketones (excluding diaryl/α,β-unsaturated/α-hetero) is 1. The molecule has 0 aromatic heterocycles. The third kappa shape index (κ3) is 5.81. The molecule has 0 aliphatic carbocycles. The van der Waals surface area contributed by atoms with Crippen LogP contribution >= 0.6 is 0 Å². The van der Waals surface area contributed by atoms with Crippen molar-refractivity contribution in [2.75, 3.05) is 26.2 Å². The molecule has 6 rings (SSSR count). The number of halogens is 2. The first-order chi connectivity index (χ1) is 19.9. The monoisotopic (exact) mass is 563 g/mol. The van der Waals surface area contributed by atoms with Crippen molar-refractivity contribution in [2.24, 2.45) is 0 Å². The van der Waals surface area contributed by atoms with Gasteiger partial charge in [-0.25, -0.2) is 8.78 Å². The van der Waals surface area contributed by atoms with Gasteiger partial charge in [0.15, 0.2) is 29.5 Å². The molecular weight excluding hydrogens is 528 g/mol. The molecule has 3 aromatic rings. The molecule has 3 aliphatic rings. The van der Waals surface area contributed by atoms with Crippen LogP contribution < -0.4 is 14.2 Å². The summed E-state index contributed by atoms with van der Waals surface area (Å²) in [7, 11) is 0. The van der Waals surface area contributed by atoms with E-state index in [0.717, 1.165) is 50.2 Å². The van der Waals surface area contributed by atoms with Gasteiger partial charge >= 0.3 is 0 Å². The summed E-state index contributed by atoms with van der Waals surface area (Å²) in [6.07, 6.45) is 2.09. The summed E-state index contributed by atoms with van der Waals surface area (Å²) in [6, 6.07) is 15.1. The normalized spacial score (nSPS) is 22.9. The second-order valence-electron chi connectivity index (χ2n) is 11.2. The Morgan fingerprint density at radius 1 is 0.951 bits per heavy atom. The second kappa shape index (κ2) is 11.8. The van der Waals surface area contributed by atoms with Crippen LogP contribution in [0.4, 0.5) is 8.78 Å². The molecule has 0 bridgehead atoms. The number of hydrogen-bond acceptors (Lipinski definition) is 6. The number of benzene rings is 3. The molecular formula is C33H35F2NO5. The summed E-state index contributed by atoms with van der Waals surface area (Å²) in [5, 5.41) is 0. The first-order valence-corrected chi connectivity index (χ1v) is 14.5. The van der Waals surface area contributed by atoms with E-state index in [2.05, 4.69) is 11.8 Å². The van der Waals surface area contributed by atoms with Gasteiger partial charge in [0.25, 0.3) is 0 Å². The van der Waals surface area contributed by atoms with Crippen LogP contribution in [0.1, 0.15) is 71.7 Å². The maximum absolute atomic E-state index is 15.3. The maximum atomic E-state index is 15.3. The third-order valence-electron chi connectivity index (χ3n) is 7.98. The van der Waals surface area contributed by atoms with Gasteiger partial charge in [0.2, 0.25) is 0 Å². The summed E-state index contributed by atoms with van der Waals surface area (Å²) in [6.45, 7) is 7.44. The number of hydrogen-bond donors (Lipinski definition) is 0. The van der Waals surface area contributed by atoms with E-state index < -0.39 is 35.7 Å². The Balaban J connectivity index is 1.29. The van der Waals surface area contributed by atoms with Crippen molar-refractivity contribution >= 4 is 5.78 Å². The molecule has 0 radical (unpaired) electrons. The molecule has 8 heteroatoms. The largest absolute Gasteiger partial charge is 0.488 e. The van der Waals surface area contributed by atoms with E-state index in [1.54, 1.807) is 6.07 Å². The van der Waals surface area contributed by atoms with E-state index in [4.69, 9.17) is 18.9 Å². The SMILES string of the molecule is CCCN1CC(Oc2ccc(C3Oc4cc(C)ccc4C(=O)C3c3cc(F)c(OC4CCCCO4)c(F)c3)cc2)C1. The highest BCUT2D eigenvalue weighted by Gasteiger charge is 2.40. The fourth-order valence-corrected chi connectivity index (χ4v) is 5.86. The van der Waals surface area contributed by atoms with Gasteiger partial charge in [0.05, 0.1) is 18.1 Å². The van der Waals surface area contributed by atoms with E-state index in [1.807, 2.05) is 43.3 Å². The van der Waals surface area contributed by atoms with Crippen LogP contribution in [0.5, 0.6) is 17.2 Å². The number of carbonyl (C=O) groups excluding carboxylic acids is 1. The number of ether oxygens (including phenoxy) is 4. The van der Waals surface area contributed by atoms with Gasteiger partial charge in [0.1, 0.15) is 23.7 Å². The van der Waals surface area contributed by atoms with Gasteiger partial charge in [-0.1, -0.05) is 25.1 Å². The Labute approximate surface area is 239 Å². The lowest BCUT2D eigenvalue weighted by molar-refractivity contribution is -0.108. The predicted octanol–water partition coefficient (Wildman–Crippen LogP) is 6.75. The van der Waals surface area contributed by atoms with Crippen LogP contribution in [0.25, 0.3) is 0 Å². The molecule has 3 aromatic carbocycles. The van der Waals surface area contributed by atoms with Gasteiger partial charge in [-0.05, 0) is 85.8 Å². The van der Waals surface area contributed by atoms with Crippen LogP contribution in [0.3, 0.4) is 0 Å². The van der Waals surface area contributed by atoms with Crippen molar-refractivity contribution in [3.63, 3.8) is 0 Å². The van der Waals surface area contributed by atoms with Crippen LogP contribution in [0, 0.1) is 18.6 Å². The first kappa shape index (κ1) is 27.7. The van der Waals surface area contributed by atoms with E-state index in [0.29, 0.717) is 29.9 Å². The Morgan fingerprint density at radius 2 is 1.71 bits per heavy atom. The van der Waals surface area contributed by atoms with Crippen molar-refractivity contribution in [1.82, 2.24) is 4.90 Å². The number of rotatable bonds is 8. The topological polar surface area (TPSA) is 57.2 Å². The summed E-state index contributed by atoms with van der Waals surface area (Å²) in [4.78, 5) is 16.2. The Morgan fingerprint density at radius 3 is 2.39 bits per heavy atom. The van der Waals surface area contributed by atoms with E-state index in [1.165, 1.54) is 12.1 Å². The molecule has 0 N–H and O–H groups in total. The van der Waals surface area contributed by atoms with Gasteiger partial charge in [0, 0.05) is 19.5 Å². The summed E-state index contributed by atoms with van der Waals surface area (Å²) in [5.41, 5.74) is 2.22. The van der Waals surface area contributed by atoms with E-state index >= 15 is 8.78 Å². The van der Waals surface area contributed by atoms with Gasteiger partial charge < -0.3 is 18.9 Å². The van der Waals surface area contributed by atoms with Crippen molar-refractivity contribution < 1.29 is 32.5 Å². The number of likely N-dealkylation sites (tertiary alicyclic amines) is 1. The second-order valence-corrected chi connectivity index (χ2v) is 11.2. The molecule has 0 amide bonds. The minimum Gasteiger partial charge on any atom is -0.488 e. The molecule has 41 heavy (non-hydrogen) atoms.